The Morgan fingerprint density at radius 1 is 0.306 bits per heavy atom. The van der Waals surface area contributed by atoms with Crippen LogP contribution in [-0.2, 0) is 0 Å². The molecule has 49 heavy (non-hydrogen) atoms. The van der Waals surface area contributed by atoms with E-state index in [-0.39, 0.29) is 0 Å². The van der Waals surface area contributed by atoms with Gasteiger partial charge in [-0.3, -0.25) is 0 Å². The van der Waals surface area contributed by atoms with Crippen molar-refractivity contribution in [1.82, 2.24) is 15.0 Å². The number of hydrogen-bond donors (Lipinski definition) is 0. The minimum atomic E-state index is 0.556. The van der Waals surface area contributed by atoms with Crippen LogP contribution in [0.3, 0.4) is 0 Å². The first-order valence-corrected chi connectivity index (χ1v) is 16.4. The first-order chi connectivity index (χ1) is 24.3. The molecule has 230 valence electrons. The Bertz CT molecular complexity index is 2510. The topological polar surface area (TPSA) is 51.8 Å². The Morgan fingerprint density at radius 3 is 1.27 bits per heavy atom. The molecule has 0 fully saturated rings. The molecule has 0 N–H and O–H groups in total. The maximum atomic E-state index is 7.07. The van der Waals surface area contributed by atoms with Crippen molar-refractivity contribution in [3.8, 4) is 67.5 Å². The molecular weight excluding hydrogens is 599 g/mol. The molecule has 0 saturated heterocycles. The molecule has 0 unspecified atom stereocenters. The third kappa shape index (κ3) is 5.26. The van der Waals surface area contributed by atoms with Gasteiger partial charge >= 0.3 is 0 Å². The van der Waals surface area contributed by atoms with E-state index in [9.17, 15) is 0 Å². The lowest BCUT2D eigenvalue weighted by Crippen LogP contribution is -2.00. The molecule has 0 bridgehead atoms. The van der Waals surface area contributed by atoms with E-state index in [1.54, 1.807) is 0 Å². The minimum Gasteiger partial charge on any atom is -0.455 e. The number of benzene rings is 7. The molecule has 7 aromatic carbocycles. The number of fused-ring (bicyclic) bond motifs is 3. The maximum absolute atomic E-state index is 7.07. The predicted molar refractivity (Wildman–Crippen MR) is 200 cm³/mol. The van der Waals surface area contributed by atoms with Crippen molar-refractivity contribution in [3.05, 3.63) is 176 Å². The van der Waals surface area contributed by atoms with Gasteiger partial charge in [0.05, 0.1) is 5.56 Å². The second-order valence-corrected chi connectivity index (χ2v) is 12.0. The number of aromatic nitrogens is 3. The van der Waals surface area contributed by atoms with Crippen LogP contribution in [0, 0.1) is 0 Å². The van der Waals surface area contributed by atoms with Gasteiger partial charge in [0, 0.05) is 27.5 Å². The van der Waals surface area contributed by atoms with E-state index >= 15 is 0 Å². The van der Waals surface area contributed by atoms with E-state index in [0.717, 1.165) is 72.0 Å². The molecule has 2 heterocycles. The number of hydrogen-bond acceptors (Lipinski definition) is 4. The van der Waals surface area contributed by atoms with Gasteiger partial charge in [-0.15, -0.1) is 0 Å². The molecule has 0 spiro atoms. The van der Waals surface area contributed by atoms with Crippen molar-refractivity contribution in [2.45, 2.75) is 0 Å². The van der Waals surface area contributed by atoms with Crippen molar-refractivity contribution in [2.24, 2.45) is 0 Å². The van der Waals surface area contributed by atoms with E-state index < -0.39 is 0 Å². The van der Waals surface area contributed by atoms with Crippen molar-refractivity contribution in [3.63, 3.8) is 0 Å². The van der Waals surface area contributed by atoms with E-state index in [1.807, 2.05) is 72.8 Å². The Kier molecular flexibility index (Phi) is 7.10. The zero-order valence-corrected chi connectivity index (χ0v) is 26.5. The van der Waals surface area contributed by atoms with Crippen molar-refractivity contribution in [1.29, 1.82) is 0 Å². The molecule has 0 atom stereocenters. The Hall–Kier alpha value is -6.65. The summed E-state index contributed by atoms with van der Waals surface area (Å²) in [6.07, 6.45) is 0. The van der Waals surface area contributed by atoms with Crippen LogP contribution in [0.2, 0.25) is 0 Å². The van der Waals surface area contributed by atoms with Gasteiger partial charge < -0.3 is 4.42 Å². The minimum absolute atomic E-state index is 0.556. The van der Waals surface area contributed by atoms with Gasteiger partial charge in [0.1, 0.15) is 11.2 Å². The van der Waals surface area contributed by atoms with E-state index in [4.69, 9.17) is 19.4 Å². The Balaban J connectivity index is 1.39. The highest BCUT2D eigenvalue weighted by molar-refractivity contribution is 6.19. The van der Waals surface area contributed by atoms with E-state index in [0.29, 0.717) is 17.5 Å². The number of furan rings is 1. The summed E-state index contributed by atoms with van der Waals surface area (Å²) in [5.41, 5.74) is 10.8. The molecule has 9 rings (SSSR count). The highest BCUT2D eigenvalue weighted by Crippen LogP contribution is 2.45. The molecule has 0 amide bonds. The Morgan fingerprint density at radius 2 is 0.735 bits per heavy atom. The van der Waals surface area contributed by atoms with Gasteiger partial charge in [-0.2, -0.15) is 0 Å². The average molecular weight is 628 g/mol. The summed E-state index contributed by atoms with van der Waals surface area (Å²) in [6, 6.07) is 60.4. The van der Waals surface area contributed by atoms with E-state index in [1.165, 1.54) is 0 Å². The van der Waals surface area contributed by atoms with Crippen LogP contribution < -0.4 is 0 Å². The summed E-state index contributed by atoms with van der Waals surface area (Å²) in [6.45, 7) is 0. The molecule has 0 aliphatic rings. The van der Waals surface area contributed by atoms with E-state index in [2.05, 4.69) is 103 Å². The maximum Gasteiger partial charge on any atom is 0.167 e. The second-order valence-electron chi connectivity index (χ2n) is 12.0. The van der Waals surface area contributed by atoms with Crippen LogP contribution in [0.15, 0.2) is 180 Å². The smallest absolute Gasteiger partial charge is 0.167 e. The molecule has 2 aromatic heterocycles. The fourth-order valence-corrected chi connectivity index (χ4v) is 6.58. The zero-order chi connectivity index (χ0) is 32.6. The lowest BCUT2D eigenvalue weighted by Gasteiger charge is -2.11. The number of rotatable bonds is 6. The van der Waals surface area contributed by atoms with Crippen LogP contribution in [-0.4, -0.2) is 15.0 Å². The lowest BCUT2D eigenvalue weighted by molar-refractivity contribution is 0.670. The monoisotopic (exact) mass is 627 g/mol. The first kappa shape index (κ1) is 28.6. The first-order valence-electron chi connectivity index (χ1n) is 16.4. The molecule has 0 saturated carbocycles. The van der Waals surface area contributed by atoms with Crippen LogP contribution in [0.4, 0.5) is 0 Å². The standard InChI is InChI=1S/C45H29N3O/c1-6-16-30(17-7-1)35-28-38(32-20-10-3-11-21-32)41-39(29-35)40-36(31-18-8-2-9-19-31)26-27-37(42(40)49-41)45-47-43(33-22-12-4-13-23-33)46-44(48-45)34-24-14-5-15-25-34/h1-29H. The fraction of sp³-hybridized carbons (Fsp3) is 0. The third-order valence-corrected chi connectivity index (χ3v) is 8.94. The van der Waals surface area contributed by atoms with Gasteiger partial charge in [0.25, 0.3) is 0 Å². The molecule has 9 aromatic rings. The molecule has 0 aliphatic carbocycles. The summed E-state index contributed by atoms with van der Waals surface area (Å²) >= 11 is 0. The quantitative estimate of drug-likeness (QED) is 0.184. The summed E-state index contributed by atoms with van der Waals surface area (Å²) in [7, 11) is 0. The molecule has 0 aliphatic heterocycles. The van der Waals surface area contributed by atoms with Crippen molar-refractivity contribution >= 4 is 21.9 Å². The molecular formula is C45H29N3O. The summed E-state index contributed by atoms with van der Waals surface area (Å²) in [5, 5.41) is 2.06. The highest BCUT2D eigenvalue weighted by Gasteiger charge is 2.23. The SMILES string of the molecule is c1ccc(-c2cc(-c3ccccc3)c3oc4c(-c5nc(-c6ccccc6)nc(-c6ccccc6)n5)ccc(-c5ccccc5)c4c3c2)cc1. The zero-order valence-electron chi connectivity index (χ0n) is 26.5. The summed E-state index contributed by atoms with van der Waals surface area (Å²) in [4.78, 5) is 15.1. The van der Waals surface area contributed by atoms with Gasteiger partial charge in [0.2, 0.25) is 0 Å². The summed E-state index contributed by atoms with van der Waals surface area (Å²) in [5.74, 6) is 1.77. The fourth-order valence-electron chi connectivity index (χ4n) is 6.58. The summed E-state index contributed by atoms with van der Waals surface area (Å²) < 4.78 is 7.07. The van der Waals surface area contributed by atoms with Crippen LogP contribution in [0.5, 0.6) is 0 Å². The number of nitrogens with zero attached hydrogens (tertiary/aromatic N) is 3. The molecule has 0 radical (unpaired) electrons. The molecule has 4 nitrogen and oxygen atoms in total. The lowest BCUT2D eigenvalue weighted by atomic mass is 9.92. The van der Waals surface area contributed by atoms with Crippen LogP contribution >= 0.6 is 0 Å². The van der Waals surface area contributed by atoms with Gasteiger partial charge in [-0.05, 0) is 46.0 Å². The van der Waals surface area contributed by atoms with Crippen LogP contribution in [0.1, 0.15) is 0 Å². The molecule has 4 heteroatoms. The normalized spacial score (nSPS) is 11.3. The second kappa shape index (κ2) is 12.2. The van der Waals surface area contributed by atoms with Gasteiger partial charge in [0.15, 0.2) is 17.5 Å². The predicted octanol–water partition coefficient (Wildman–Crippen LogP) is 11.8. The van der Waals surface area contributed by atoms with Crippen molar-refractivity contribution < 1.29 is 4.42 Å². The van der Waals surface area contributed by atoms with Crippen LogP contribution in [0.25, 0.3) is 89.5 Å². The largest absolute Gasteiger partial charge is 0.455 e. The third-order valence-electron chi connectivity index (χ3n) is 8.94. The van der Waals surface area contributed by atoms with Gasteiger partial charge in [-0.25, -0.2) is 15.0 Å². The average Bonchev–Trinajstić information content (AvgIpc) is 3.58. The highest BCUT2D eigenvalue weighted by atomic mass is 16.3. The van der Waals surface area contributed by atoms with Gasteiger partial charge in [-0.1, -0.05) is 158 Å². The Labute approximate surface area is 284 Å². The van der Waals surface area contributed by atoms with Crippen molar-refractivity contribution in [2.75, 3.05) is 0 Å².